The van der Waals surface area contributed by atoms with E-state index in [9.17, 15) is 0 Å². The minimum atomic E-state index is 0.880. The van der Waals surface area contributed by atoms with E-state index in [2.05, 4.69) is 31.4 Å². The van der Waals surface area contributed by atoms with E-state index >= 15 is 0 Å². The molecule has 0 aliphatic carbocycles. The van der Waals surface area contributed by atoms with E-state index in [1.807, 2.05) is 19.9 Å². The number of pyridine rings is 1. The summed E-state index contributed by atoms with van der Waals surface area (Å²) in [5.41, 5.74) is 4.74. The van der Waals surface area contributed by atoms with Crippen molar-refractivity contribution in [1.29, 1.82) is 0 Å². The number of hydrazone groups is 1. The van der Waals surface area contributed by atoms with Crippen LogP contribution in [0.4, 0.5) is 5.69 Å². The van der Waals surface area contributed by atoms with Crippen LogP contribution in [0.3, 0.4) is 0 Å². The average Bonchev–Trinajstić information content (AvgIpc) is 2.01. The number of halogens is 1. The van der Waals surface area contributed by atoms with Crippen molar-refractivity contribution in [2.45, 2.75) is 13.8 Å². The zero-order chi connectivity index (χ0) is 8.97. The van der Waals surface area contributed by atoms with E-state index in [4.69, 9.17) is 0 Å². The molecular weight excluding hydrogens is 218 g/mol. The first-order valence-corrected chi connectivity index (χ1v) is 4.35. The standard InChI is InChI=1S/C8H10BrN3/c1-6(2)11-12-8-3-7(9)4-10-5-8/h3-5,12H,1-2H3. The number of nitrogens with one attached hydrogen (secondary N) is 1. The van der Waals surface area contributed by atoms with Crippen LogP contribution in [0.15, 0.2) is 28.0 Å². The fraction of sp³-hybridized carbons (Fsp3) is 0.250. The highest BCUT2D eigenvalue weighted by Crippen LogP contribution is 2.13. The summed E-state index contributed by atoms with van der Waals surface area (Å²) in [7, 11) is 0. The molecule has 3 nitrogen and oxygen atoms in total. The van der Waals surface area contributed by atoms with Crippen molar-refractivity contribution < 1.29 is 0 Å². The summed E-state index contributed by atoms with van der Waals surface area (Å²) in [5, 5.41) is 4.04. The van der Waals surface area contributed by atoms with Gasteiger partial charge < -0.3 is 0 Å². The lowest BCUT2D eigenvalue weighted by Crippen LogP contribution is -1.93. The van der Waals surface area contributed by atoms with Crippen LogP contribution in [-0.4, -0.2) is 10.7 Å². The SMILES string of the molecule is CC(C)=NNc1cncc(Br)c1. The second-order valence-electron chi connectivity index (χ2n) is 2.56. The van der Waals surface area contributed by atoms with Crippen molar-refractivity contribution in [3.05, 3.63) is 22.9 Å². The van der Waals surface area contributed by atoms with E-state index in [1.54, 1.807) is 12.4 Å². The lowest BCUT2D eigenvalue weighted by atomic mass is 10.4. The van der Waals surface area contributed by atoms with E-state index in [-0.39, 0.29) is 0 Å². The van der Waals surface area contributed by atoms with Gasteiger partial charge in [0.2, 0.25) is 0 Å². The van der Waals surface area contributed by atoms with Crippen LogP contribution in [0.5, 0.6) is 0 Å². The maximum Gasteiger partial charge on any atom is 0.0756 e. The van der Waals surface area contributed by atoms with Crippen molar-refractivity contribution in [2.24, 2.45) is 5.10 Å². The first-order valence-electron chi connectivity index (χ1n) is 3.56. The van der Waals surface area contributed by atoms with Gasteiger partial charge in [-0.15, -0.1) is 0 Å². The molecule has 1 aromatic heterocycles. The predicted octanol–water partition coefficient (Wildman–Crippen LogP) is 2.65. The minimum absolute atomic E-state index is 0.880. The van der Waals surface area contributed by atoms with Gasteiger partial charge in [0.25, 0.3) is 0 Å². The van der Waals surface area contributed by atoms with Crippen molar-refractivity contribution >= 4 is 27.3 Å². The van der Waals surface area contributed by atoms with Crippen LogP contribution in [0.2, 0.25) is 0 Å². The van der Waals surface area contributed by atoms with Gasteiger partial charge in [0.15, 0.2) is 0 Å². The Morgan fingerprint density at radius 3 is 2.83 bits per heavy atom. The zero-order valence-electron chi connectivity index (χ0n) is 7.00. The highest BCUT2D eigenvalue weighted by atomic mass is 79.9. The van der Waals surface area contributed by atoms with Crippen LogP contribution in [0.25, 0.3) is 0 Å². The molecule has 0 unspecified atom stereocenters. The lowest BCUT2D eigenvalue weighted by Gasteiger charge is -1.99. The molecular formula is C8H10BrN3. The molecule has 0 bridgehead atoms. The summed E-state index contributed by atoms with van der Waals surface area (Å²) in [6.45, 7) is 3.86. The number of hydrogen-bond donors (Lipinski definition) is 1. The molecule has 4 heteroatoms. The topological polar surface area (TPSA) is 37.3 Å². The lowest BCUT2D eigenvalue weighted by molar-refractivity contribution is 1.25. The molecule has 0 aliphatic heterocycles. The Morgan fingerprint density at radius 1 is 1.50 bits per heavy atom. The fourth-order valence-electron chi connectivity index (χ4n) is 0.649. The fourth-order valence-corrected chi connectivity index (χ4v) is 1.01. The Balaban J connectivity index is 2.70. The summed E-state index contributed by atoms with van der Waals surface area (Å²) in [5.74, 6) is 0. The molecule has 0 saturated carbocycles. The summed E-state index contributed by atoms with van der Waals surface area (Å²) in [4.78, 5) is 3.98. The molecule has 0 spiro atoms. The van der Waals surface area contributed by atoms with Crippen molar-refractivity contribution in [1.82, 2.24) is 4.98 Å². The first-order chi connectivity index (χ1) is 5.68. The van der Waals surface area contributed by atoms with Gasteiger partial charge >= 0.3 is 0 Å². The average molecular weight is 228 g/mol. The molecule has 1 aromatic rings. The van der Waals surface area contributed by atoms with Crippen LogP contribution >= 0.6 is 15.9 Å². The Morgan fingerprint density at radius 2 is 2.25 bits per heavy atom. The van der Waals surface area contributed by atoms with Crippen molar-refractivity contribution in [2.75, 3.05) is 5.43 Å². The first kappa shape index (κ1) is 9.19. The summed E-state index contributed by atoms with van der Waals surface area (Å²) in [6.07, 6.45) is 3.45. The van der Waals surface area contributed by atoms with Crippen molar-refractivity contribution in [3.8, 4) is 0 Å². The van der Waals surface area contributed by atoms with E-state index in [0.717, 1.165) is 15.9 Å². The monoisotopic (exact) mass is 227 g/mol. The second kappa shape index (κ2) is 4.21. The molecule has 1 rings (SSSR count). The van der Waals surface area contributed by atoms with Crippen LogP contribution in [-0.2, 0) is 0 Å². The number of aromatic nitrogens is 1. The second-order valence-corrected chi connectivity index (χ2v) is 3.48. The summed E-state index contributed by atoms with van der Waals surface area (Å²) >= 11 is 3.32. The number of hydrogen-bond acceptors (Lipinski definition) is 3. The Kier molecular flexibility index (Phi) is 3.22. The number of rotatable bonds is 2. The smallest absolute Gasteiger partial charge is 0.0756 e. The third-order valence-corrected chi connectivity index (χ3v) is 1.55. The highest BCUT2D eigenvalue weighted by molar-refractivity contribution is 9.10. The molecule has 12 heavy (non-hydrogen) atoms. The summed E-state index contributed by atoms with van der Waals surface area (Å²) < 4.78 is 0.941. The highest BCUT2D eigenvalue weighted by Gasteiger charge is 1.90. The number of anilines is 1. The van der Waals surface area contributed by atoms with E-state index < -0.39 is 0 Å². The largest absolute Gasteiger partial charge is 0.277 e. The molecule has 0 fully saturated rings. The quantitative estimate of drug-likeness (QED) is 0.624. The normalized spacial score (nSPS) is 9.25. The molecule has 64 valence electrons. The van der Waals surface area contributed by atoms with Crippen LogP contribution < -0.4 is 5.43 Å². The van der Waals surface area contributed by atoms with Gasteiger partial charge in [-0.05, 0) is 35.8 Å². The van der Waals surface area contributed by atoms with Gasteiger partial charge in [0.1, 0.15) is 0 Å². The maximum absolute atomic E-state index is 4.04. The van der Waals surface area contributed by atoms with Gasteiger partial charge in [-0.3, -0.25) is 10.4 Å². The van der Waals surface area contributed by atoms with Gasteiger partial charge in [-0.25, -0.2) is 0 Å². The number of nitrogens with zero attached hydrogens (tertiary/aromatic N) is 2. The molecule has 0 saturated heterocycles. The van der Waals surface area contributed by atoms with E-state index in [1.165, 1.54) is 0 Å². The molecule has 1 N–H and O–H groups in total. The maximum atomic E-state index is 4.04. The van der Waals surface area contributed by atoms with Crippen LogP contribution in [0, 0.1) is 0 Å². The molecule has 0 radical (unpaired) electrons. The van der Waals surface area contributed by atoms with Gasteiger partial charge in [0, 0.05) is 16.4 Å². The third-order valence-electron chi connectivity index (χ3n) is 1.11. The Labute approximate surface area is 80.0 Å². The molecule has 1 heterocycles. The van der Waals surface area contributed by atoms with Gasteiger partial charge in [-0.1, -0.05) is 0 Å². The molecule has 0 atom stereocenters. The predicted molar refractivity (Wildman–Crippen MR) is 54.3 cm³/mol. The molecule has 0 aromatic carbocycles. The van der Waals surface area contributed by atoms with E-state index in [0.29, 0.717) is 0 Å². The van der Waals surface area contributed by atoms with Crippen LogP contribution in [0.1, 0.15) is 13.8 Å². The van der Waals surface area contributed by atoms with Gasteiger partial charge in [-0.2, -0.15) is 5.10 Å². The molecule has 0 aliphatic rings. The minimum Gasteiger partial charge on any atom is -0.277 e. The Bertz CT molecular complexity index is 292. The Hall–Kier alpha value is -0.900. The molecule has 0 amide bonds. The zero-order valence-corrected chi connectivity index (χ0v) is 8.59. The van der Waals surface area contributed by atoms with Gasteiger partial charge in [0.05, 0.1) is 11.9 Å². The van der Waals surface area contributed by atoms with Crippen molar-refractivity contribution in [3.63, 3.8) is 0 Å². The summed E-state index contributed by atoms with van der Waals surface area (Å²) in [6, 6.07) is 1.92. The third kappa shape index (κ3) is 3.00.